The summed E-state index contributed by atoms with van der Waals surface area (Å²) in [5.41, 5.74) is 0. The summed E-state index contributed by atoms with van der Waals surface area (Å²) in [6, 6.07) is 0. The van der Waals surface area contributed by atoms with E-state index in [0.717, 1.165) is 38.7 Å². The Balaban J connectivity index is 2.07. The summed E-state index contributed by atoms with van der Waals surface area (Å²) in [6.07, 6.45) is 1.59. The number of aryl methyl sites for hydroxylation is 1. The van der Waals surface area contributed by atoms with Gasteiger partial charge in [-0.2, -0.15) is 5.10 Å². The Morgan fingerprint density at radius 3 is 3.00 bits per heavy atom. The van der Waals surface area contributed by atoms with Gasteiger partial charge in [0.05, 0.1) is 13.2 Å². The lowest BCUT2D eigenvalue weighted by Gasteiger charge is -2.08. The summed E-state index contributed by atoms with van der Waals surface area (Å²) in [7, 11) is 0. The molecule has 0 bridgehead atoms. The van der Waals surface area contributed by atoms with Crippen LogP contribution in [-0.4, -0.2) is 34.5 Å². The van der Waals surface area contributed by atoms with Crippen molar-refractivity contribution < 1.29 is 4.74 Å². The largest absolute Gasteiger partial charge is 0.380 e. The van der Waals surface area contributed by atoms with E-state index in [4.69, 9.17) is 4.74 Å². The second-order valence-electron chi connectivity index (χ2n) is 4.14. The molecule has 92 valence electrons. The van der Waals surface area contributed by atoms with Crippen LogP contribution in [0.1, 0.15) is 26.6 Å². The van der Waals surface area contributed by atoms with E-state index < -0.39 is 0 Å². The molecule has 0 spiro atoms. The molecule has 0 fully saturated rings. The molecule has 1 heterocycles. The van der Waals surface area contributed by atoms with Crippen molar-refractivity contribution in [3.63, 3.8) is 0 Å². The number of nitrogens with one attached hydrogen (secondary N) is 1. The van der Waals surface area contributed by atoms with Gasteiger partial charge in [0.1, 0.15) is 12.2 Å². The Bertz CT molecular complexity index is 285. The van der Waals surface area contributed by atoms with Gasteiger partial charge < -0.3 is 10.1 Å². The molecule has 1 rings (SSSR count). The van der Waals surface area contributed by atoms with E-state index >= 15 is 0 Å². The molecule has 5 nitrogen and oxygen atoms in total. The molecule has 0 saturated carbocycles. The van der Waals surface area contributed by atoms with Crippen molar-refractivity contribution in [2.75, 3.05) is 19.8 Å². The smallest absolute Gasteiger partial charge is 0.140 e. The first-order valence-electron chi connectivity index (χ1n) is 5.89. The predicted octanol–water partition coefficient (Wildman–Crippen LogP) is 1.06. The summed E-state index contributed by atoms with van der Waals surface area (Å²) in [4.78, 5) is 4.18. The molecule has 0 radical (unpaired) electrons. The Labute approximate surface area is 97.2 Å². The molecule has 0 aliphatic rings. The Kier molecular flexibility index (Phi) is 6.03. The van der Waals surface area contributed by atoms with Crippen molar-refractivity contribution in [2.45, 2.75) is 33.9 Å². The Hall–Kier alpha value is -0.940. The van der Waals surface area contributed by atoms with Crippen LogP contribution in [0.5, 0.6) is 0 Å². The van der Waals surface area contributed by atoms with E-state index in [1.165, 1.54) is 0 Å². The normalized spacial score (nSPS) is 11.2. The van der Waals surface area contributed by atoms with Gasteiger partial charge in [-0.3, -0.25) is 0 Å². The van der Waals surface area contributed by atoms with E-state index in [0.29, 0.717) is 5.92 Å². The van der Waals surface area contributed by atoms with Crippen LogP contribution < -0.4 is 5.32 Å². The van der Waals surface area contributed by atoms with Crippen LogP contribution in [0, 0.1) is 5.92 Å². The monoisotopic (exact) mass is 226 g/mol. The Morgan fingerprint density at radius 2 is 2.31 bits per heavy atom. The predicted molar refractivity (Wildman–Crippen MR) is 63.1 cm³/mol. The second-order valence-corrected chi connectivity index (χ2v) is 4.14. The van der Waals surface area contributed by atoms with Gasteiger partial charge >= 0.3 is 0 Å². The average Bonchev–Trinajstić information content (AvgIpc) is 2.70. The molecular weight excluding hydrogens is 204 g/mol. The fourth-order valence-electron chi connectivity index (χ4n) is 1.35. The third kappa shape index (κ3) is 4.72. The number of hydrogen-bond acceptors (Lipinski definition) is 4. The lowest BCUT2D eigenvalue weighted by Crippen LogP contribution is -2.22. The van der Waals surface area contributed by atoms with Gasteiger partial charge in [0.25, 0.3) is 0 Å². The van der Waals surface area contributed by atoms with Crippen molar-refractivity contribution in [1.82, 2.24) is 20.1 Å². The lowest BCUT2D eigenvalue weighted by atomic mass is 10.2. The quantitative estimate of drug-likeness (QED) is 0.673. The van der Waals surface area contributed by atoms with Crippen molar-refractivity contribution in [3.05, 3.63) is 12.2 Å². The van der Waals surface area contributed by atoms with Gasteiger partial charge in [-0.15, -0.1) is 0 Å². The molecule has 0 aliphatic carbocycles. The fraction of sp³-hybridized carbons (Fsp3) is 0.818. The summed E-state index contributed by atoms with van der Waals surface area (Å²) in [5, 5.41) is 7.40. The molecule has 0 unspecified atom stereocenters. The van der Waals surface area contributed by atoms with Gasteiger partial charge in [-0.25, -0.2) is 9.67 Å². The van der Waals surface area contributed by atoms with E-state index in [-0.39, 0.29) is 0 Å². The van der Waals surface area contributed by atoms with Crippen molar-refractivity contribution in [2.24, 2.45) is 5.92 Å². The molecule has 0 aromatic carbocycles. The number of hydrogen-bond donors (Lipinski definition) is 1. The topological polar surface area (TPSA) is 52.0 Å². The third-order valence-electron chi connectivity index (χ3n) is 2.15. The minimum Gasteiger partial charge on any atom is -0.380 e. The summed E-state index contributed by atoms with van der Waals surface area (Å²) in [5.74, 6) is 1.58. The minimum absolute atomic E-state index is 0.600. The van der Waals surface area contributed by atoms with E-state index in [1.54, 1.807) is 6.33 Å². The van der Waals surface area contributed by atoms with Gasteiger partial charge in [-0.1, -0.05) is 13.8 Å². The van der Waals surface area contributed by atoms with Crippen LogP contribution in [0.25, 0.3) is 0 Å². The van der Waals surface area contributed by atoms with E-state index in [9.17, 15) is 0 Å². The van der Waals surface area contributed by atoms with Gasteiger partial charge in [0.2, 0.25) is 0 Å². The third-order valence-corrected chi connectivity index (χ3v) is 2.15. The van der Waals surface area contributed by atoms with Gasteiger partial charge in [0.15, 0.2) is 0 Å². The maximum absolute atomic E-state index is 5.47. The molecule has 1 aromatic heterocycles. The van der Waals surface area contributed by atoms with Gasteiger partial charge in [-0.05, 0) is 12.8 Å². The fourth-order valence-corrected chi connectivity index (χ4v) is 1.35. The highest BCUT2D eigenvalue weighted by atomic mass is 16.5. The molecule has 1 N–H and O–H groups in total. The van der Waals surface area contributed by atoms with Crippen LogP contribution in [0.2, 0.25) is 0 Å². The first-order chi connectivity index (χ1) is 7.74. The van der Waals surface area contributed by atoms with Crippen molar-refractivity contribution in [3.8, 4) is 0 Å². The molecule has 0 aliphatic heterocycles. The zero-order chi connectivity index (χ0) is 11.8. The summed E-state index contributed by atoms with van der Waals surface area (Å²) in [6.45, 7) is 10.4. The highest BCUT2D eigenvalue weighted by Crippen LogP contribution is 1.93. The molecule has 0 atom stereocenters. The van der Waals surface area contributed by atoms with Crippen LogP contribution in [0.4, 0.5) is 0 Å². The summed E-state index contributed by atoms with van der Waals surface area (Å²) < 4.78 is 7.36. The van der Waals surface area contributed by atoms with Crippen LogP contribution in [0.3, 0.4) is 0 Å². The number of ether oxygens (including phenoxy) is 1. The molecule has 0 amide bonds. The van der Waals surface area contributed by atoms with E-state index in [2.05, 4.69) is 36.2 Å². The first-order valence-corrected chi connectivity index (χ1v) is 5.89. The zero-order valence-electron chi connectivity index (χ0n) is 10.4. The molecule has 16 heavy (non-hydrogen) atoms. The maximum Gasteiger partial charge on any atom is 0.140 e. The molecule has 5 heteroatoms. The first kappa shape index (κ1) is 13.1. The van der Waals surface area contributed by atoms with Crippen molar-refractivity contribution in [1.29, 1.82) is 0 Å². The highest BCUT2D eigenvalue weighted by Gasteiger charge is 2.01. The second kappa shape index (κ2) is 7.35. The average molecular weight is 226 g/mol. The number of rotatable bonds is 8. The van der Waals surface area contributed by atoms with Crippen LogP contribution >= 0.6 is 0 Å². The maximum atomic E-state index is 5.47. The van der Waals surface area contributed by atoms with Crippen LogP contribution in [0.15, 0.2) is 6.33 Å². The number of aromatic nitrogens is 3. The molecular formula is C11H22N4O. The van der Waals surface area contributed by atoms with Crippen LogP contribution in [-0.2, 0) is 17.8 Å². The SMILES string of the molecule is CCn1ncnc1CNCCOCC(C)C. The number of nitrogens with zero attached hydrogens (tertiary/aromatic N) is 3. The van der Waals surface area contributed by atoms with E-state index in [1.807, 2.05) is 4.68 Å². The minimum atomic E-state index is 0.600. The molecule has 0 saturated heterocycles. The zero-order valence-corrected chi connectivity index (χ0v) is 10.4. The lowest BCUT2D eigenvalue weighted by molar-refractivity contribution is 0.111. The molecule has 1 aromatic rings. The Morgan fingerprint density at radius 1 is 1.50 bits per heavy atom. The standard InChI is InChI=1S/C11H22N4O/c1-4-15-11(13-9-14-15)7-12-5-6-16-8-10(2)3/h9-10,12H,4-8H2,1-3H3. The van der Waals surface area contributed by atoms with Gasteiger partial charge in [0, 0.05) is 19.7 Å². The highest BCUT2D eigenvalue weighted by molar-refractivity contribution is 4.83. The van der Waals surface area contributed by atoms with Crippen molar-refractivity contribution >= 4 is 0 Å². The summed E-state index contributed by atoms with van der Waals surface area (Å²) >= 11 is 0.